The summed E-state index contributed by atoms with van der Waals surface area (Å²) in [7, 11) is 3.18. The van der Waals surface area contributed by atoms with Crippen LogP contribution in [0.5, 0.6) is 0 Å². The van der Waals surface area contributed by atoms with Crippen molar-refractivity contribution in [1.82, 2.24) is 29.8 Å². The number of methoxy groups -OCH3 is 1. The summed E-state index contributed by atoms with van der Waals surface area (Å²) in [4.78, 5) is 11.7. The predicted molar refractivity (Wildman–Crippen MR) is 65.6 cm³/mol. The van der Waals surface area contributed by atoms with Gasteiger partial charge in [-0.25, -0.2) is 9.48 Å². The van der Waals surface area contributed by atoms with Gasteiger partial charge in [-0.2, -0.15) is 0 Å². The fraction of sp³-hybridized carbons (Fsp3) is 0.545. The first-order valence-corrected chi connectivity index (χ1v) is 5.89. The fourth-order valence-corrected chi connectivity index (χ4v) is 1.83. The lowest BCUT2D eigenvalue weighted by Crippen LogP contribution is -2.13. The summed E-state index contributed by atoms with van der Waals surface area (Å²) in [5.74, 6) is 0.355. The van der Waals surface area contributed by atoms with E-state index in [1.807, 2.05) is 20.9 Å². The summed E-state index contributed by atoms with van der Waals surface area (Å²) >= 11 is 0. The maximum atomic E-state index is 11.7. The maximum Gasteiger partial charge on any atom is 0.360 e. The quantitative estimate of drug-likeness (QED) is 0.741. The lowest BCUT2D eigenvalue weighted by atomic mass is 10.1. The van der Waals surface area contributed by atoms with Crippen LogP contribution in [0.3, 0.4) is 0 Å². The van der Waals surface area contributed by atoms with Crippen LogP contribution in [0.1, 0.15) is 41.8 Å². The Kier molecular flexibility index (Phi) is 3.59. The van der Waals surface area contributed by atoms with Gasteiger partial charge in [0.25, 0.3) is 0 Å². The number of carbonyl (C=O) groups is 1. The normalized spacial score (nSPS) is 11.0. The highest BCUT2D eigenvalue weighted by Gasteiger charge is 2.23. The average molecular weight is 264 g/mol. The Bertz CT molecular complexity index is 586. The van der Waals surface area contributed by atoms with E-state index in [1.54, 1.807) is 15.6 Å². The van der Waals surface area contributed by atoms with Gasteiger partial charge >= 0.3 is 5.97 Å². The van der Waals surface area contributed by atoms with Crippen molar-refractivity contribution in [2.75, 3.05) is 7.11 Å². The van der Waals surface area contributed by atoms with E-state index in [1.165, 1.54) is 7.11 Å². The summed E-state index contributed by atoms with van der Waals surface area (Å²) in [6, 6.07) is 0. The molecule has 0 spiro atoms. The van der Waals surface area contributed by atoms with Crippen LogP contribution in [-0.2, 0) is 18.3 Å². The van der Waals surface area contributed by atoms with Crippen molar-refractivity contribution < 1.29 is 9.53 Å². The first-order chi connectivity index (χ1) is 9.04. The van der Waals surface area contributed by atoms with Gasteiger partial charge in [0.2, 0.25) is 0 Å². The standard InChI is InChI=1S/C11H16N6O2/c1-7(2)10-9(11(18)19-4)14-15-17(10)5-8-13-12-6-16(8)3/h6-7H,5H2,1-4H3. The molecule has 0 N–H and O–H groups in total. The van der Waals surface area contributed by atoms with Crippen molar-refractivity contribution in [2.45, 2.75) is 26.3 Å². The second kappa shape index (κ2) is 5.17. The number of nitrogens with zero attached hydrogens (tertiary/aromatic N) is 6. The van der Waals surface area contributed by atoms with E-state index in [-0.39, 0.29) is 11.6 Å². The molecule has 0 radical (unpaired) electrons. The molecule has 0 fully saturated rings. The molecule has 2 aromatic heterocycles. The Balaban J connectivity index is 2.38. The van der Waals surface area contributed by atoms with E-state index in [0.29, 0.717) is 6.54 Å². The SMILES string of the molecule is COC(=O)c1nnn(Cc2nncn2C)c1C(C)C. The first-order valence-electron chi connectivity index (χ1n) is 5.89. The van der Waals surface area contributed by atoms with Crippen LogP contribution in [-0.4, -0.2) is 42.8 Å². The molecule has 2 heterocycles. The van der Waals surface area contributed by atoms with E-state index < -0.39 is 5.97 Å². The fourth-order valence-electron chi connectivity index (χ4n) is 1.83. The molecule has 0 atom stereocenters. The smallest absolute Gasteiger partial charge is 0.360 e. The predicted octanol–water partition coefficient (Wildman–Crippen LogP) is 0.365. The second-order valence-electron chi connectivity index (χ2n) is 4.49. The lowest BCUT2D eigenvalue weighted by molar-refractivity contribution is 0.0592. The zero-order chi connectivity index (χ0) is 14.0. The molecule has 0 aliphatic carbocycles. The molecule has 19 heavy (non-hydrogen) atoms. The molecule has 0 aromatic carbocycles. The van der Waals surface area contributed by atoms with Crippen molar-refractivity contribution in [3.63, 3.8) is 0 Å². The Morgan fingerprint density at radius 3 is 2.68 bits per heavy atom. The molecule has 0 saturated heterocycles. The number of carbonyl (C=O) groups excluding carboxylic acids is 1. The van der Waals surface area contributed by atoms with E-state index in [2.05, 4.69) is 20.5 Å². The van der Waals surface area contributed by atoms with Crippen molar-refractivity contribution in [3.8, 4) is 0 Å². The van der Waals surface area contributed by atoms with Gasteiger partial charge in [-0.15, -0.1) is 15.3 Å². The minimum absolute atomic E-state index is 0.0947. The number of aryl methyl sites for hydroxylation is 1. The van der Waals surface area contributed by atoms with Crippen LogP contribution < -0.4 is 0 Å². The molecule has 0 aliphatic rings. The van der Waals surface area contributed by atoms with E-state index in [4.69, 9.17) is 4.74 Å². The number of hydrogen-bond acceptors (Lipinski definition) is 6. The molecule has 8 nitrogen and oxygen atoms in total. The van der Waals surface area contributed by atoms with Gasteiger partial charge in [-0.3, -0.25) is 0 Å². The Labute approximate surface area is 110 Å². The average Bonchev–Trinajstić information content (AvgIpc) is 2.96. The number of rotatable bonds is 4. The molecule has 0 unspecified atom stereocenters. The van der Waals surface area contributed by atoms with Gasteiger partial charge in [-0.1, -0.05) is 19.1 Å². The summed E-state index contributed by atoms with van der Waals surface area (Å²) < 4.78 is 8.16. The molecule has 102 valence electrons. The highest BCUT2D eigenvalue weighted by Crippen LogP contribution is 2.18. The summed E-state index contributed by atoms with van der Waals surface area (Å²) in [6.07, 6.45) is 1.61. The van der Waals surface area contributed by atoms with Gasteiger partial charge in [0.15, 0.2) is 11.5 Å². The third-order valence-corrected chi connectivity index (χ3v) is 2.80. The molecule has 0 amide bonds. The topological polar surface area (TPSA) is 87.7 Å². The second-order valence-corrected chi connectivity index (χ2v) is 4.49. The molecular formula is C11H16N6O2. The van der Waals surface area contributed by atoms with Crippen LogP contribution in [0.4, 0.5) is 0 Å². The first kappa shape index (κ1) is 13.2. The summed E-state index contributed by atoms with van der Waals surface area (Å²) in [5.41, 5.74) is 0.981. The minimum Gasteiger partial charge on any atom is -0.464 e. The summed E-state index contributed by atoms with van der Waals surface area (Å²) in [6.45, 7) is 4.35. The number of aromatic nitrogens is 6. The summed E-state index contributed by atoms with van der Waals surface area (Å²) in [5, 5.41) is 15.7. The van der Waals surface area contributed by atoms with E-state index >= 15 is 0 Å². The van der Waals surface area contributed by atoms with Gasteiger partial charge in [-0.05, 0) is 5.92 Å². The Morgan fingerprint density at radius 1 is 1.42 bits per heavy atom. The van der Waals surface area contributed by atoms with Crippen molar-refractivity contribution in [1.29, 1.82) is 0 Å². The van der Waals surface area contributed by atoms with Gasteiger partial charge in [0.1, 0.15) is 12.9 Å². The Hall–Kier alpha value is -2.25. The Morgan fingerprint density at radius 2 is 2.16 bits per heavy atom. The number of ether oxygens (including phenoxy) is 1. The van der Waals surface area contributed by atoms with Crippen LogP contribution in [0, 0.1) is 0 Å². The van der Waals surface area contributed by atoms with Gasteiger partial charge in [0, 0.05) is 7.05 Å². The molecule has 0 saturated carbocycles. The molecule has 0 bridgehead atoms. The third-order valence-electron chi connectivity index (χ3n) is 2.80. The van der Waals surface area contributed by atoms with Crippen LogP contribution in [0.25, 0.3) is 0 Å². The monoisotopic (exact) mass is 264 g/mol. The number of esters is 1. The van der Waals surface area contributed by atoms with E-state index in [9.17, 15) is 4.79 Å². The van der Waals surface area contributed by atoms with Crippen LogP contribution in [0.2, 0.25) is 0 Å². The zero-order valence-corrected chi connectivity index (χ0v) is 11.4. The van der Waals surface area contributed by atoms with Crippen molar-refractivity contribution >= 4 is 5.97 Å². The largest absolute Gasteiger partial charge is 0.464 e. The number of hydrogen-bond donors (Lipinski definition) is 0. The highest BCUT2D eigenvalue weighted by atomic mass is 16.5. The molecule has 2 aromatic rings. The maximum absolute atomic E-state index is 11.7. The molecule has 2 rings (SSSR count). The third kappa shape index (κ3) is 2.47. The minimum atomic E-state index is -0.479. The molecule has 8 heteroatoms. The van der Waals surface area contributed by atoms with Gasteiger partial charge < -0.3 is 9.30 Å². The molecular weight excluding hydrogens is 248 g/mol. The zero-order valence-electron chi connectivity index (χ0n) is 11.4. The molecule has 0 aliphatic heterocycles. The van der Waals surface area contributed by atoms with Crippen molar-refractivity contribution in [3.05, 3.63) is 23.5 Å². The highest BCUT2D eigenvalue weighted by molar-refractivity contribution is 5.88. The lowest BCUT2D eigenvalue weighted by Gasteiger charge is -2.09. The van der Waals surface area contributed by atoms with Crippen LogP contribution in [0.15, 0.2) is 6.33 Å². The van der Waals surface area contributed by atoms with E-state index in [0.717, 1.165) is 11.5 Å². The van der Waals surface area contributed by atoms with Crippen molar-refractivity contribution in [2.24, 2.45) is 7.05 Å². The van der Waals surface area contributed by atoms with Crippen LogP contribution >= 0.6 is 0 Å². The van der Waals surface area contributed by atoms with Gasteiger partial charge in [0.05, 0.1) is 12.8 Å².